The van der Waals surface area contributed by atoms with Crippen LogP contribution in [0.25, 0.3) is 5.57 Å². The number of hydrogen-bond acceptors (Lipinski definition) is 2. The Morgan fingerprint density at radius 3 is 1.13 bits per heavy atom. The van der Waals surface area contributed by atoms with Crippen molar-refractivity contribution in [2.75, 3.05) is 13.2 Å². The predicted molar refractivity (Wildman–Crippen MR) is 125 cm³/mol. The van der Waals surface area contributed by atoms with E-state index in [2.05, 4.69) is 35.6 Å². The van der Waals surface area contributed by atoms with E-state index >= 15 is 0 Å². The lowest BCUT2D eigenvalue weighted by molar-refractivity contribution is 0.475. The Bertz CT molecular complexity index is 898. The molecule has 0 aliphatic carbocycles. The summed E-state index contributed by atoms with van der Waals surface area (Å²) in [5, 5.41) is 0. The van der Waals surface area contributed by atoms with Crippen LogP contribution < -0.4 is 4.74 Å². The molecule has 1 aliphatic rings. The van der Waals surface area contributed by atoms with E-state index in [4.69, 9.17) is 4.74 Å². The van der Waals surface area contributed by atoms with Gasteiger partial charge in [-0.3, -0.25) is 0 Å². The van der Waals surface area contributed by atoms with Crippen molar-refractivity contribution in [3.8, 4) is 11.5 Å². The highest BCUT2D eigenvalue weighted by Gasteiger charge is 1.99. The number of ether oxygens (including phenoxy) is 2. The van der Waals surface area contributed by atoms with E-state index in [1.165, 1.54) is 11.1 Å². The van der Waals surface area contributed by atoms with Crippen LogP contribution in [0.2, 0.25) is 0 Å². The first-order valence-electron chi connectivity index (χ1n) is 9.98. The summed E-state index contributed by atoms with van der Waals surface area (Å²) in [4.78, 5) is 0. The van der Waals surface area contributed by atoms with Crippen molar-refractivity contribution in [1.82, 2.24) is 0 Å². The van der Waals surface area contributed by atoms with Gasteiger partial charge >= 0.3 is 0 Å². The molecule has 4 aromatic carbocycles. The van der Waals surface area contributed by atoms with Crippen LogP contribution in [0, 0.1) is 0 Å². The van der Waals surface area contributed by atoms with Gasteiger partial charge in [0.2, 0.25) is 0 Å². The molecule has 0 N–H and O–H groups in total. The number of epoxide rings is 1. The van der Waals surface area contributed by atoms with Crippen LogP contribution in [0.1, 0.15) is 11.1 Å². The Labute approximate surface area is 179 Å². The molecule has 2 heteroatoms. The third kappa shape index (κ3) is 7.78. The monoisotopic (exact) mass is 394 g/mol. The van der Waals surface area contributed by atoms with Gasteiger partial charge in [0.1, 0.15) is 11.5 Å². The molecule has 1 fully saturated rings. The lowest BCUT2D eigenvalue weighted by Crippen LogP contribution is -1.84. The Morgan fingerprint density at radius 2 is 0.833 bits per heavy atom. The molecule has 5 rings (SSSR count). The lowest BCUT2D eigenvalue weighted by atomic mass is 10.0. The van der Waals surface area contributed by atoms with Crippen molar-refractivity contribution in [2.45, 2.75) is 0 Å². The van der Waals surface area contributed by atoms with Gasteiger partial charge in [0.15, 0.2) is 0 Å². The van der Waals surface area contributed by atoms with Crippen LogP contribution in [0.4, 0.5) is 0 Å². The van der Waals surface area contributed by atoms with Crippen LogP contribution in [0.5, 0.6) is 11.5 Å². The van der Waals surface area contributed by atoms with E-state index in [-0.39, 0.29) is 0 Å². The molecule has 0 saturated carbocycles. The summed E-state index contributed by atoms with van der Waals surface area (Å²) in [5.74, 6) is 1.74. The molecule has 0 radical (unpaired) electrons. The summed E-state index contributed by atoms with van der Waals surface area (Å²) in [6.45, 7) is 6.10. The fraction of sp³-hybridized carbons (Fsp3) is 0.0714. The smallest absolute Gasteiger partial charge is 0.127 e. The zero-order valence-electron chi connectivity index (χ0n) is 17.0. The van der Waals surface area contributed by atoms with Crippen molar-refractivity contribution in [2.24, 2.45) is 0 Å². The first-order valence-corrected chi connectivity index (χ1v) is 9.98. The van der Waals surface area contributed by atoms with Gasteiger partial charge in [-0.2, -0.15) is 0 Å². The van der Waals surface area contributed by atoms with Crippen LogP contribution in [-0.2, 0) is 4.74 Å². The Kier molecular flexibility index (Phi) is 8.48. The number of para-hydroxylation sites is 2. The second kappa shape index (κ2) is 12.1. The molecule has 1 heterocycles. The van der Waals surface area contributed by atoms with Gasteiger partial charge < -0.3 is 9.47 Å². The molecular weight excluding hydrogens is 368 g/mol. The van der Waals surface area contributed by atoms with Crippen LogP contribution in [0.3, 0.4) is 0 Å². The minimum absolute atomic E-state index is 0.869. The van der Waals surface area contributed by atoms with Gasteiger partial charge in [0.05, 0.1) is 13.2 Å². The van der Waals surface area contributed by atoms with Gasteiger partial charge in [0.25, 0.3) is 0 Å². The average Bonchev–Trinajstić information content (AvgIpc) is 3.71. The molecule has 1 aliphatic heterocycles. The maximum Gasteiger partial charge on any atom is 0.127 e. The third-order valence-electron chi connectivity index (χ3n) is 4.17. The predicted octanol–water partition coefficient (Wildman–Crippen LogP) is 7.24. The fourth-order valence-electron chi connectivity index (χ4n) is 2.56. The molecule has 0 unspecified atom stereocenters. The standard InChI is InChI=1S/C14H12.C12H10O.C2H4O/c1-12(13-8-4-2-5-9-13)14-10-6-3-7-11-14;1-3-7-11(8-4-1)13-12-9-5-2-6-10-12;1-2-3-1/h2-11H,1H2;1-10H;1-2H2. The summed E-state index contributed by atoms with van der Waals surface area (Å²) in [6.07, 6.45) is 0. The van der Waals surface area contributed by atoms with Gasteiger partial charge in [-0.05, 0) is 41.0 Å². The maximum atomic E-state index is 5.58. The molecule has 0 amide bonds. The van der Waals surface area contributed by atoms with Gasteiger partial charge in [-0.25, -0.2) is 0 Å². The zero-order valence-corrected chi connectivity index (χ0v) is 17.0. The van der Waals surface area contributed by atoms with E-state index in [0.29, 0.717) is 0 Å². The minimum Gasteiger partial charge on any atom is -0.457 e. The molecule has 30 heavy (non-hydrogen) atoms. The van der Waals surface area contributed by atoms with Crippen molar-refractivity contribution in [3.63, 3.8) is 0 Å². The first kappa shape index (κ1) is 21.1. The van der Waals surface area contributed by atoms with Crippen LogP contribution >= 0.6 is 0 Å². The topological polar surface area (TPSA) is 21.8 Å². The van der Waals surface area contributed by atoms with E-state index in [0.717, 1.165) is 30.3 Å². The van der Waals surface area contributed by atoms with Gasteiger partial charge in [-0.1, -0.05) is 104 Å². The normalized spacial score (nSPS) is 11.1. The van der Waals surface area contributed by atoms with E-state index < -0.39 is 0 Å². The highest BCUT2D eigenvalue weighted by atomic mass is 16.6. The van der Waals surface area contributed by atoms with Gasteiger partial charge in [0, 0.05) is 0 Å². The summed E-state index contributed by atoms with van der Waals surface area (Å²) in [5.41, 5.74) is 3.43. The molecular formula is C28H26O2. The highest BCUT2D eigenvalue weighted by Crippen LogP contribution is 2.20. The summed E-state index contributed by atoms with van der Waals surface area (Å²) in [7, 11) is 0. The minimum atomic E-state index is 0.869. The summed E-state index contributed by atoms with van der Waals surface area (Å²) >= 11 is 0. The summed E-state index contributed by atoms with van der Waals surface area (Å²) < 4.78 is 10.1. The molecule has 1 saturated heterocycles. The molecule has 0 bridgehead atoms. The average molecular weight is 395 g/mol. The lowest BCUT2D eigenvalue weighted by Gasteiger charge is -2.04. The van der Waals surface area contributed by atoms with Crippen LogP contribution in [0.15, 0.2) is 128 Å². The largest absolute Gasteiger partial charge is 0.457 e. The Balaban J connectivity index is 0.000000150. The van der Waals surface area contributed by atoms with Crippen molar-refractivity contribution >= 4 is 5.57 Å². The molecule has 4 aromatic rings. The van der Waals surface area contributed by atoms with Crippen LogP contribution in [-0.4, -0.2) is 13.2 Å². The quantitative estimate of drug-likeness (QED) is 0.340. The molecule has 0 aromatic heterocycles. The second-order valence-corrected chi connectivity index (χ2v) is 6.55. The SMILES string of the molecule is C1CO1.C=C(c1ccccc1)c1ccccc1.c1ccc(Oc2ccccc2)cc1. The van der Waals surface area contributed by atoms with E-state index in [1.807, 2.05) is 97.1 Å². The molecule has 150 valence electrons. The van der Waals surface area contributed by atoms with Crippen molar-refractivity contribution < 1.29 is 9.47 Å². The van der Waals surface area contributed by atoms with E-state index in [9.17, 15) is 0 Å². The number of rotatable bonds is 4. The van der Waals surface area contributed by atoms with Gasteiger partial charge in [-0.15, -0.1) is 0 Å². The Morgan fingerprint density at radius 1 is 0.533 bits per heavy atom. The van der Waals surface area contributed by atoms with E-state index in [1.54, 1.807) is 0 Å². The summed E-state index contributed by atoms with van der Waals surface area (Å²) in [6, 6.07) is 40.0. The first-order chi connectivity index (χ1) is 14.8. The molecule has 2 nitrogen and oxygen atoms in total. The zero-order chi connectivity index (χ0) is 20.9. The number of hydrogen-bond donors (Lipinski definition) is 0. The molecule has 0 spiro atoms. The number of benzene rings is 4. The van der Waals surface area contributed by atoms with Crippen molar-refractivity contribution in [3.05, 3.63) is 139 Å². The molecule has 0 atom stereocenters. The second-order valence-electron chi connectivity index (χ2n) is 6.55. The third-order valence-corrected chi connectivity index (χ3v) is 4.17. The Hall–Kier alpha value is -3.62. The highest BCUT2D eigenvalue weighted by molar-refractivity contribution is 5.77. The maximum absolute atomic E-state index is 5.58. The fourth-order valence-corrected chi connectivity index (χ4v) is 2.56. The van der Waals surface area contributed by atoms with Crippen molar-refractivity contribution in [1.29, 1.82) is 0 Å².